The van der Waals surface area contributed by atoms with E-state index in [0.29, 0.717) is 0 Å². The van der Waals surface area contributed by atoms with Gasteiger partial charge >= 0.3 is 103 Å². The van der Waals surface area contributed by atoms with Crippen LogP contribution in [-0.2, 0) is 20.2 Å². The Kier molecular flexibility index (Phi) is 19.4. The second-order valence-electron chi connectivity index (χ2n) is 2.17. The number of rotatable bonds is 7. The molecule has 0 atom stereocenters. The Hall–Kier alpha value is 3.79. The van der Waals surface area contributed by atoms with Crippen molar-refractivity contribution < 1.29 is 129 Å². The van der Waals surface area contributed by atoms with Crippen molar-refractivity contribution in [3.63, 3.8) is 0 Å². The first-order chi connectivity index (χ1) is 6.21. The summed E-state index contributed by atoms with van der Waals surface area (Å²) in [5, 5.41) is 0. The molecular formula is C4H8K2O6S4. The predicted molar refractivity (Wildman–Crippen MR) is 54.0 cm³/mol. The monoisotopic (exact) mass is 358 g/mol. The molecule has 6 nitrogen and oxygen atoms in total. The largest absolute Gasteiger partial charge is 1.00 e. The van der Waals surface area contributed by atoms with E-state index in [1.54, 1.807) is 0 Å². The Labute approximate surface area is 189 Å². The van der Waals surface area contributed by atoms with Crippen molar-refractivity contribution in [2.45, 2.75) is 0 Å². The minimum absolute atomic E-state index is 0. The third-order valence-electron chi connectivity index (χ3n) is 0.917. The average molecular weight is 359 g/mol. The molecule has 16 heavy (non-hydrogen) atoms. The molecule has 0 rings (SSSR count). The zero-order valence-corrected chi connectivity index (χ0v) is 18.4. The van der Waals surface area contributed by atoms with Crippen LogP contribution in [0.25, 0.3) is 0 Å². The van der Waals surface area contributed by atoms with Crippen molar-refractivity contribution in [3.8, 4) is 0 Å². The van der Waals surface area contributed by atoms with Crippen LogP contribution in [0.1, 0.15) is 0 Å². The van der Waals surface area contributed by atoms with Crippen LogP contribution in [0, 0.1) is 0 Å². The van der Waals surface area contributed by atoms with Gasteiger partial charge in [0.15, 0.2) is 0 Å². The third kappa shape index (κ3) is 22.9. The molecule has 0 radical (unpaired) electrons. The Balaban J connectivity index is -0.000000845. The molecule has 0 aliphatic rings. The van der Waals surface area contributed by atoms with E-state index in [-0.39, 0.29) is 114 Å². The fourth-order valence-corrected chi connectivity index (χ4v) is 4.73. The summed E-state index contributed by atoms with van der Waals surface area (Å²) in [6.07, 6.45) is 0. The number of hydrogen-bond acceptors (Lipinski definition) is 8. The average Bonchev–Trinajstić information content (AvgIpc) is 1.92. The molecule has 0 saturated heterocycles. The second-order valence-corrected chi connectivity index (χ2v) is 7.92. The first-order valence-electron chi connectivity index (χ1n) is 3.32. The van der Waals surface area contributed by atoms with Gasteiger partial charge in [-0.15, -0.1) is 0 Å². The summed E-state index contributed by atoms with van der Waals surface area (Å²) >= 11 is 0. The van der Waals surface area contributed by atoms with E-state index in [1.165, 1.54) is 0 Å². The maximum atomic E-state index is 10.1. The van der Waals surface area contributed by atoms with Crippen LogP contribution in [0.4, 0.5) is 0 Å². The summed E-state index contributed by atoms with van der Waals surface area (Å²) < 4.78 is 60.6. The van der Waals surface area contributed by atoms with Crippen LogP contribution in [0.2, 0.25) is 0 Å². The normalized spacial score (nSPS) is 11.4. The predicted octanol–water partition coefficient (Wildman–Crippen LogP) is -6.53. The van der Waals surface area contributed by atoms with Crippen LogP contribution in [0.5, 0.6) is 0 Å². The molecule has 0 aromatic carbocycles. The van der Waals surface area contributed by atoms with Crippen molar-refractivity contribution in [1.29, 1.82) is 0 Å². The SMILES string of the molecule is O=S(=O)([O-])CCSSCCS(=O)(=O)[O-].[K+].[K+]. The van der Waals surface area contributed by atoms with E-state index in [2.05, 4.69) is 0 Å². The minimum atomic E-state index is -4.20. The Morgan fingerprint density at radius 2 is 1.00 bits per heavy atom. The van der Waals surface area contributed by atoms with Crippen molar-refractivity contribution in [3.05, 3.63) is 0 Å². The summed E-state index contributed by atoms with van der Waals surface area (Å²) in [6, 6.07) is 0. The molecular weight excluding hydrogens is 351 g/mol. The number of hydrogen-bond donors (Lipinski definition) is 0. The van der Waals surface area contributed by atoms with E-state index in [1.807, 2.05) is 0 Å². The maximum absolute atomic E-state index is 10.1. The standard InChI is InChI=1S/C4H10O6S4.2K/c5-13(6,7)3-1-11-12-2-4-14(8,9)10;;/h1-4H2,(H,5,6,7)(H,8,9,10);;/q;2*+1/p-2. The van der Waals surface area contributed by atoms with E-state index in [0.717, 1.165) is 21.6 Å². The Morgan fingerprint density at radius 3 is 1.19 bits per heavy atom. The molecule has 0 aliphatic heterocycles. The smallest absolute Gasteiger partial charge is 0.748 e. The molecule has 0 saturated carbocycles. The van der Waals surface area contributed by atoms with E-state index < -0.39 is 31.7 Å². The third-order valence-corrected chi connectivity index (χ3v) is 5.25. The maximum Gasteiger partial charge on any atom is 1.00 e. The minimum Gasteiger partial charge on any atom is -0.748 e. The van der Waals surface area contributed by atoms with Gasteiger partial charge in [-0.05, 0) is 0 Å². The first-order valence-corrected chi connectivity index (χ1v) is 8.96. The molecule has 0 N–H and O–H groups in total. The zero-order valence-electron chi connectivity index (χ0n) is 8.91. The Bertz CT molecular complexity index is 315. The second kappa shape index (κ2) is 12.5. The molecule has 0 bridgehead atoms. The Morgan fingerprint density at radius 1 is 0.750 bits per heavy atom. The fraction of sp³-hybridized carbons (Fsp3) is 1.00. The van der Waals surface area contributed by atoms with E-state index in [9.17, 15) is 25.9 Å². The van der Waals surface area contributed by atoms with Crippen LogP contribution >= 0.6 is 21.6 Å². The fourth-order valence-electron chi connectivity index (χ4n) is 0.390. The van der Waals surface area contributed by atoms with Crippen molar-refractivity contribution in [2.24, 2.45) is 0 Å². The van der Waals surface area contributed by atoms with Gasteiger partial charge in [0.1, 0.15) is 0 Å². The van der Waals surface area contributed by atoms with Gasteiger partial charge in [0.2, 0.25) is 0 Å². The van der Waals surface area contributed by atoms with Gasteiger partial charge in [0.05, 0.1) is 20.2 Å². The van der Waals surface area contributed by atoms with Gasteiger partial charge in [-0.2, -0.15) is 0 Å². The molecule has 0 aromatic rings. The van der Waals surface area contributed by atoms with Crippen LogP contribution in [0.3, 0.4) is 0 Å². The summed E-state index contributed by atoms with van der Waals surface area (Å²) in [5.74, 6) is -0.797. The molecule has 0 aromatic heterocycles. The molecule has 0 fully saturated rings. The van der Waals surface area contributed by atoms with Gasteiger partial charge in [-0.1, -0.05) is 21.6 Å². The van der Waals surface area contributed by atoms with Crippen LogP contribution in [-0.4, -0.2) is 49.0 Å². The quantitative estimate of drug-likeness (QED) is 0.191. The molecule has 0 spiro atoms. The van der Waals surface area contributed by atoms with Gasteiger partial charge in [0.25, 0.3) is 0 Å². The summed E-state index contributed by atoms with van der Waals surface area (Å²) in [6.45, 7) is 0. The first kappa shape index (κ1) is 24.8. The zero-order chi connectivity index (χ0) is 11.2. The van der Waals surface area contributed by atoms with Gasteiger partial charge in [-0.25, -0.2) is 16.8 Å². The summed E-state index contributed by atoms with van der Waals surface area (Å²) in [4.78, 5) is 0. The van der Waals surface area contributed by atoms with Crippen molar-refractivity contribution in [1.82, 2.24) is 0 Å². The summed E-state index contributed by atoms with van der Waals surface area (Å²) in [5.41, 5.74) is 0. The van der Waals surface area contributed by atoms with E-state index in [4.69, 9.17) is 0 Å². The summed E-state index contributed by atoms with van der Waals surface area (Å²) in [7, 11) is -6.30. The van der Waals surface area contributed by atoms with Crippen molar-refractivity contribution in [2.75, 3.05) is 23.0 Å². The molecule has 0 amide bonds. The topological polar surface area (TPSA) is 114 Å². The molecule has 86 valence electrons. The van der Waals surface area contributed by atoms with E-state index >= 15 is 0 Å². The van der Waals surface area contributed by atoms with Gasteiger partial charge in [-0.3, -0.25) is 0 Å². The van der Waals surface area contributed by atoms with Crippen LogP contribution in [0.15, 0.2) is 0 Å². The van der Waals surface area contributed by atoms with Gasteiger partial charge < -0.3 is 9.11 Å². The van der Waals surface area contributed by atoms with Crippen molar-refractivity contribution >= 4 is 41.8 Å². The molecule has 0 unspecified atom stereocenters. The molecule has 0 heterocycles. The molecule has 0 aliphatic carbocycles. The van der Waals surface area contributed by atoms with Gasteiger partial charge in [0, 0.05) is 23.0 Å². The molecule has 12 heteroatoms. The van der Waals surface area contributed by atoms with Crippen LogP contribution < -0.4 is 103 Å².